The van der Waals surface area contributed by atoms with E-state index in [1.165, 1.54) is 5.56 Å². The van der Waals surface area contributed by atoms with E-state index in [0.29, 0.717) is 41.8 Å². The lowest BCUT2D eigenvalue weighted by Crippen LogP contribution is -2.49. The average Bonchev–Trinajstić information content (AvgIpc) is 2.77. The molecule has 174 valence electrons. The number of nitrogens with zero attached hydrogens (tertiary/aromatic N) is 1. The maximum Gasteiger partial charge on any atom is 0.242 e. The van der Waals surface area contributed by atoms with Gasteiger partial charge in [0.05, 0.1) is 0 Å². The van der Waals surface area contributed by atoms with Crippen LogP contribution < -0.4 is 5.32 Å². The summed E-state index contributed by atoms with van der Waals surface area (Å²) in [7, 11) is 0. The van der Waals surface area contributed by atoms with E-state index in [-0.39, 0.29) is 18.4 Å². The normalized spacial score (nSPS) is 12.0. The third-order valence-electron chi connectivity index (χ3n) is 5.56. The number of benzene rings is 2. The first kappa shape index (κ1) is 26.2. The van der Waals surface area contributed by atoms with Crippen molar-refractivity contribution < 1.29 is 9.59 Å². The third kappa shape index (κ3) is 7.53. The van der Waals surface area contributed by atoms with Gasteiger partial charge in [0.15, 0.2) is 0 Å². The van der Waals surface area contributed by atoms with E-state index in [1.807, 2.05) is 19.9 Å². The summed E-state index contributed by atoms with van der Waals surface area (Å²) in [4.78, 5) is 27.8. The van der Waals surface area contributed by atoms with Gasteiger partial charge < -0.3 is 10.2 Å². The Hall–Kier alpha value is -2.04. The summed E-state index contributed by atoms with van der Waals surface area (Å²) >= 11 is 12.4. The average molecular weight is 477 g/mol. The van der Waals surface area contributed by atoms with Gasteiger partial charge in [-0.2, -0.15) is 0 Å². The highest BCUT2D eigenvalue weighted by Gasteiger charge is 2.28. The summed E-state index contributed by atoms with van der Waals surface area (Å²) in [5.74, 6) is 0.272. The van der Waals surface area contributed by atoms with E-state index in [0.717, 1.165) is 17.5 Å². The highest BCUT2D eigenvalue weighted by Crippen LogP contribution is 2.24. The lowest BCUT2D eigenvalue weighted by atomic mass is 10.00. The molecule has 0 saturated carbocycles. The summed E-state index contributed by atoms with van der Waals surface area (Å²) in [6.07, 6.45) is 2.31. The number of nitrogens with one attached hydrogen (secondary N) is 1. The summed E-state index contributed by atoms with van der Waals surface area (Å²) in [6, 6.07) is 13.1. The number of amides is 2. The smallest absolute Gasteiger partial charge is 0.242 e. The summed E-state index contributed by atoms with van der Waals surface area (Å²) in [5.41, 5.74) is 3.15. The molecule has 0 bridgehead atoms. The van der Waals surface area contributed by atoms with E-state index in [4.69, 9.17) is 23.2 Å². The van der Waals surface area contributed by atoms with Crippen molar-refractivity contribution in [3.8, 4) is 0 Å². The highest BCUT2D eigenvalue weighted by atomic mass is 35.5. The molecule has 2 amide bonds. The molecular weight excluding hydrogens is 443 g/mol. The van der Waals surface area contributed by atoms with Crippen LogP contribution in [0, 0.1) is 0 Å². The SMILES string of the molecule is CCCNC(=O)C(CC)N(Cc1ccc(Cl)cc1Cl)C(=O)CCc1ccc(C(C)C)cc1. The topological polar surface area (TPSA) is 49.4 Å². The first-order chi connectivity index (χ1) is 15.3. The molecule has 2 rings (SSSR count). The minimum absolute atomic E-state index is 0.0672. The molecule has 32 heavy (non-hydrogen) atoms. The van der Waals surface area contributed by atoms with Crippen LogP contribution in [-0.4, -0.2) is 29.3 Å². The van der Waals surface area contributed by atoms with E-state index in [1.54, 1.807) is 17.0 Å². The highest BCUT2D eigenvalue weighted by molar-refractivity contribution is 6.35. The molecular formula is C26H34Cl2N2O2. The summed E-state index contributed by atoms with van der Waals surface area (Å²) < 4.78 is 0. The molecule has 0 spiro atoms. The van der Waals surface area contributed by atoms with Crippen LogP contribution >= 0.6 is 23.2 Å². The van der Waals surface area contributed by atoms with Crippen LogP contribution in [0.5, 0.6) is 0 Å². The Kier molecular flexibility index (Phi) is 10.5. The fraction of sp³-hybridized carbons (Fsp3) is 0.462. The maximum absolute atomic E-state index is 13.3. The molecule has 0 radical (unpaired) electrons. The van der Waals surface area contributed by atoms with E-state index in [9.17, 15) is 9.59 Å². The van der Waals surface area contributed by atoms with Crippen LogP contribution in [0.2, 0.25) is 10.0 Å². The number of carbonyl (C=O) groups excluding carboxylic acids is 2. The Balaban J connectivity index is 2.21. The van der Waals surface area contributed by atoms with Gasteiger partial charge in [-0.15, -0.1) is 0 Å². The molecule has 0 aliphatic heterocycles. The standard InChI is InChI=1S/C26H34Cl2N2O2/c1-5-15-29-26(32)24(6-2)30(17-21-12-13-22(27)16-23(21)28)25(31)14-9-19-7-10-20(11-8-19)18(3)4/h7-8,10-13,16,18,24H,5-6,9,14-15,17H2,1-4H3,(H,29,32). The first-order valence-electron chi connectivity index (χ1n) is 11.4. The van der Waals surface area contributed by atoms with Crippen molar-refractivity contribution >= 4 is 35.0 Å². The van der Waals surface area contributed by atoms with Gasteiger partial charge in [-0.1, -0.05) is 81.2 Å². The van der Waals surface area contributed by atoms with Gasteiger partial charge in [-0.05, 0) is 54.0 Å². The lowest BCUT2D eigenvalue weighted by molar-refractivity contribution is -0.141. The number of hydrogen-bond donors (Lipinski definition) is 1. The number of rotatable bonds is 11. The van der Waals surface area contributed by atoms with Crippen LogP contribution in [0.3, 0.4) is 0 Å². The molecule has 1 N–H and O–H groups in total. The first-order valence-corrected chi connectivity index (χ1v) is 12.1. The second-order valence-corrected chi connectivity index (χ2v) is 9.21. The fourth-order valence-electron chi connectivity index (χ4n) is 3.58. The maximum atomic E-state index is 13.3. The zero-order valence-electron chi connectivity index (χ0n) is 19.5. The van der Waals surface area contributed by atoms with Crippen LogP contribution in [0.25, 0.3) is 0 Å². The minimum atomic E-state index is -0.552. The van der Waals surface area contributed by atoms with Gasteiger partial charge in [0.1, 0.15) is 6.04 Å². The van der Waals surface area contributed by atoms with Gasteiger partial charge in [-0.25, -0.2) is 0 Å². The Morgan fingerprint density at radius 2 is 1.72 bits per heavy atom. The van der Waals surface area contributed by atoms with Gasteiger partial charge >= 0.3 is 0 Å². The minimum Gasteiger partial charge on any atom is -0.354 e. The van der Waals surface area contributed by atoms with Crippen molar-refractivity contribution in [3.05, 3.63) is 69.2 Å². The Bertz CT molecular complexity index is 897. The molecule has 0 fully saturated rings. The van der Waals surface area contributed by atoms with E-state index in [2.05, 4.69) is 43.4 Å². The van der Waals surface area contributed by atoms with Gasteiger partial charge in [0.25, 0.3) is 0 Å². The van der Waals surface area contributed by atoms with Crippen LogP contribution in [0.15, 0.2) is 42.5 Å². The molecule has 2 aromatic rings. The quantitative estimate of drug-likeness (QED) is 0.408. The molecule has 6 heteroatoms. The van der Waals surface area contributed by atoms with Crippen LogP contribution in [0.1, 0.15) is 69.6 Å². The predicted molar refractivity (Wildman–Crippen MR) is 133 cm³/mol. The van der Waals surface area contributed by atoms with Gasteiger partial charge in [-0.3, -0.25) is 9.59 Å². The third-order valence-corrected chi connectivity index (χ3v) is 6.15. The van der Waals surface area contributed by atoms with Gasteiger partial charge in [0.2, 0.25) is 11.8 Å². The van der Waals surface area contributed by atoms with Crippen molar-refractivity contribution in [3.63, 3.8) is 0 Å². The fourth-order valence-corrected chi connectivity index (χ4v) is 4.05. The molecule has 0 aromatic heterocycles. The second kappa shape index (κ2) is 12.9. The van der Waals surface area contributed by atoms with Gasteiger partial charge in [0, 0.05) is 29.6 Å². The number of carbonyl (C=O) groups is 2. The van der Waals surface area contributed by atoms with E-state index < -0.39 is 6.04 Å². The molecule has 0 aliphatic carbocycles. The van der Waals surface area contributed by atoms with Crippen LogP contribution in [0.4, 0.5) is 0 Å². The molecule has 0 saturated heterocycles. The summed E-state index contributed by atoms with van der Waals surface area (Å²) in [5, 5.41) is 3.96. The predicted octanol–water partition coefficient (Wildman–Crippen LogP) is 6.38. The number of halogens is 2. The number of aryl methyl sites for hydroxylation is 1. The van der Waals surface area contributed by atoms with Crippen LogP contribution in [-0.2, 0) is 22.6 Å². The Morgan fingerprint density at radius 3 is 2.28 bits per heavy atom. The van der Waals surface area contributed by atoms with Crippen molar-refractivity contribution in [2.75, 3.05) is 6.54 Å². The lowest BCUT2D eigenvalue weighted by Gasteiger charge is -2.31. The monoisotopic (exact) mass is 476 g/mol. The molecule has 1 atom stereocenters. The molecule has 1 unspecified atom stereocenters. The molecule has 0 heterocycles. The molecule has 4 nitrogen and oxygen atoms in total. The second-order valence-electron chi connectivity index (χ2n) is 8.37. The summed E-state index contributed by atoms with van der Waals surface area (Å²) in [6.45, 7) is 9.09. The molecule has 0 aliphatic rings. The zero-order valence-corrected chi connectivity index (χ0v) is 21.0. The van der Waals surface area contributed by atoms with Crippen molar-refractivity contribution in [2.24, 2.45) is 0 Å². The zero-order chi connectivity index (χ0) is 23.7. The Morgan fingerprint density at radius 1 is 1.03 bits per heavy atom. The largest absolute Gasteiger partial charge is 0.354 e. The Labute approximate surface area is 202 Å². The molecule has 2 aromatic carbocycles. The van der Waals surface area contributed by atoms with Crippen molar-refractivity contribution in [1.29, 1.82) is 0 Å². The van der Waals surface area contributed by atoms with Crippen molar-refractivity contribution in [1.82, 2.24) is 10.2 Å². The number of hydrogen-bond acceptors (Lipinski definition) is 2. The van der Waals surface area contributed by atoms with E-state index >= 15 is 0 Å². The van der Waals surface area contributed by atoms with Crippen molar-refractivity contribution in [2.45, 2.75) is 71.9 Å².